The van der Waals surface area contributed by atoms with Gasteiger partial charge in [0.15, 0.2) is 18.3 Å². The number of ether oxygens (including phenoxy) is 6. The van der Waals surface area contributed by atoms with Gasteiger partial charge in [-0.25, -0.2) is 9.59 Å². The third-order valence-electron chi connectivity index (χ3n) is 7.25. The molecule has 0 aromatic carbocycles. The zero-order valence-corrected chi connectivity index (χ0v) is 27.4. The smallest absolute Gasteiger partial charge is 0.358 e. The highest BCUT2D eigenvalue weighted by atomic mass is 16.7. The van der Waals surface area contributed by atoms with Gasteiger partial charge in [-0.15, -0.1) is 0 Å². The molecule has 2 aliphatic rings. The van der Waals surface area contributed by atoms with Crippen LogP contribution in [0.3, 0.4) is 0 Å². The molecule has 2 fully saturated rings. The van der Waals surface area contributed by atoms with Gasteiger partial charge in [-0.3, -0.25) is 9.36 Å². The monoisotopic (exact) mass is 620 g/mol. The highest BCUT2D eigenvalue weighted by Gasteiger charge is 2.20. The highest BCUT2D eigenvalue weighted by molar-refractivity contribution is 5.88. The molecule has 0 saturated carbocycles. The number of rotatable bonds is 14. The molecule has 4 heterocycles. The van der Waals surface area contributed by atoms with Crippen LogP contribution < -0.4 is 0 Å². The van der Waals surface area contributed by atoms with Crippen molar-refractivity contribution in [2.45, 2.75) is 118 Å². The van der Waals surface area contributed by atoms with Gasteiger partial charge in [0.2, 0.25) is 0 Å². The topological polar surface area (TPSA) is 125 Å². The molecule has 2 saturated heterocycles. The molecule has 0 spiro atoms. The first-order valence-electron chi connectivity index (χ1n) is 16.2. The van der Waals surface area contributed by atoms with E-state index in [0.29, 0.717) is 50.9 Å². The number of carbonyl (C=O) groups is 2. The minimum atomic E-state index is -0.375. The van der Waals surface area contributed by atoms with Crippen molar-refractivity contribution in [3.63, 3.8) is 0 Å². The molecule has 0 bridgehead atoms. The van der Waals surface area contributed by atoms with Crippen molar-refractivity contribution in [2.75, 3.05) is 39.6 Å². The number of esters is 2. The molecule has 248 valence electrons. The Morgan fingerprint density at radius 3 is 1.86 bits per heavy atom. The minimum absolute atomic E-state index is 0.101. The molecular formula is C32H52N4O8. The second-order valence-electron chi connectivity index (χ2n) is 11.4. The van der Waals surface area contributed by atoms with Gasteiger partial charge in [0.05, 0.1) is 45.2 Å². The van der Waals surface area contributed by atoms with Crippen LogP contribution in [0, 0.1) is 0 Å². The first-order chi connectivity index (χ1) is 21.2. The normalized spacial score (nSPS) is 18.6. The van der Waals surface area contributed by atoms with Crippen molar-refractivity contribution in [3.8, 4) is 0 Å². The largest absolute Gasteiger partial charge is 0.461 e. The molecule has 2 atom stereocenters. The van der Waals surface area contributed by atoms with Gasteiger partial charge in [-0.05, 0) is 76.3 Å². The summed E-state index contributed by atoms with van der Waals surface area (Å²) in [5, 5.41) is 8.84. The van der Waals surface area contributed by atoms with Crippen LogP contribution in [0.1, 0.15) is 124 Å². The fourth-order valence-electron chi connectivity index (χ4n) is 4.86. The fourth-order valence-corrected chi connectivity index (χ4v) is 4.86. The zero-order valence-electron chi connectivity index (χ0n) is 27.4. The lowest BCUT2D eigenvalue weighted by Crippen LogP contribution is -2.25. The van der Waals surface area contributed by atoms with E-state index in [1.54, 1.807) is 30.7 Å². The third kappa shape index (κ3) is 11.3. The lowest BCUT2D eigenvalue weighted by atomic mass is 10.1. The molecule has 0 amide bonds. The second-order valence-corrected chi connectivity index (χ2v) is 11.4. The Morgan fingerprint density at radius 2 is 1.36 bits per heavy atom. The van der Waals surface area contributed by atoms with Crippen LogP contribution in [0.4, 0.5) is 0 Å². The highest BCUT2D eigenvalue weighted by Crippen LogP contribution is 2.19. The summed E-state index contributed by atoms with van der Waals surface area (Å²) in [6, 6.07) is 3.61. The Kier molecular flexibility index (Phi) is 15.3. The van der Waals surface area contributed by atoms with E-state index < -0.39 is 0 Å². The predicted molar refractivity (Wildman–Crippen MR) is 164 cm³/mol. The van der Waals surface area contributed by atoms with Crippen LogP contribution in [0.2, 0.25) is 0 Å². The van der Waals surface area contributed by atoms with Gasteiger partial charge in [0, 0.05) is 18.9 Å². The van der Waals surface area contributed by atoms with Gasteiger partial charge in [-0.1, -0.05) is 27.7 Å². The van der Waals surface area contributed by atoms with Crippen molar-refractivity contribution < 1.29 is 38.0 Å². The minimum Gasteiger partial charge on any atom is -0.461 e. The van der Waals surface area contributed by atoms with Gasteiger partial charge in [-0.2, -0.15) is 10.2 Å². The predicted octanol–water partition coefficient (Wildman–Crippen LogP) is 5.45. The van der Waals surface area contributed by atoms with E-state index in [9.17, 15) is 9.59 Å². The first-order valence-corrected chi connectivity index (χ1v) is 16.2. The van der Waals surface area contributed by atoms with Crippen LogP contribution >= 0.6 is 0 Å². The lowest BCUT2D eigenvalue weighted by molar-refractivity contribution is -0.164. The van der Waals surface area contributed by atoms with Crippen molar-refractivity contribution in [1.29, 1.82) is 0 Å². The van der Waals surface area contributed by atoms with E-state index in [-0.39, 0.29) is 36.4 Å². The Hall–Kier alpha value is -2.80. The molecular weight excluding hydrogens is 568 g/mol. The molecule has 12 heteroatoms. The van der Waals surface area contributed by atoms with Crippen molar-refractivity contribution in [2.24, 2.45) is 0 Å². The SMILES string of the molecule is CCOC(=O)c1cc(C(C)C)n(CCOC2CCCCO2)n1.CCOC(=O)c1cc(C(C)C)nn1CCOC1CCCCO1. The third-order valence-corrected chi connectivity index (χ3v) is 7.25. The Bertz CT molecular complexity index is 1130. The van der Waals surface area contributed by atoms with Crippen LogP contribution in [-0.2, 0) is 41.5 Å². The molecule has 0 N–H and O–H groups in total. The lowest BCUT2D eigenvalue weighted by Gasteiger charge is -2.22. The summed E-state index contributed by atoms with van der Waals surface area (Å²) in [4.78, 5) is 23.8. The van der Waals surface area contributed by atoms with Crippen molar-refractivity contribution in [1.82, 2.24) is 19.6 Å². The van der Waals surface area contributed by atoms with Crippen LogP contribution in [-0.4, -0.2) is 83.7 Å². The maximum absolute atomic E-state index is 12.0. The number of aromatic nitrogens is 4. The molecule has 2 unspecified atom stereocenters. The van der Waals surface area contributed by atoms with Gasteiger partial charge >= 0.3 is 11.9 Å². The van der Waals surface area contributed by atoms with Gasteiger partial charge < -0.3 is 28.4 Å². The average Bonchev–Trinajstić information content (AvgIpc) is 3.65. The van der Waals surface area contributed by atoms with E-state index in [2.05, 4.69) is 24.0 Å². The number of nitrogens with zero attached hydrogens (tertiary/aromatic N) is 4. The standard InChI is InChI=1S/2C16H26N2O4/c1-4-20-16(19)13-11-14(12(2)3)18(17-13)8-10-22-15-7-5-6-9-21-15;1-4-20-16(19)14-11-13(12(2)3)17-18(14)8-10-22-15-7-5-6-9-21-15/h2*11-12,15H,4-10H2,1-3H3. The van der Waals surface area contributed by atoms with E-state index in [1.807, 2.05) is 18.5 Å². The number of carbonyl (C=O) groups excluding carboxylic acids is 2. The van der Waals surface area contributed by atoms with E-state index >= 15 is 0 Å². The second kappa shape index (κ2) is 18.9. The van der Waals surface area contributed by atoms with Crippen molar-refractivity contribution >= 4 is 11.9 Å². The summed E-state index contributed by atoms with van der Waals surface area (Å²) in [5.74, 6) is -0.172. The average molecular weight is 621 g/mol. The van der Waals surface area contributed by atoms with Crippen LogP contribution in [0.5, 0.6) is 0 Å². The molecule has 2 aromatic heterocycles. The molecule has 0 aliphatic carbocycles. The van der Waals surface area contributed by atoms with Gasteiger partial charge in [0.25, 0.3) is 0 Å². The van der Waals surface area contributed by atoms with E-state index in [4.69, 9.17) is 28.4 Å². The molecule has 0 radical (unpaired) electrons. The molecule has 2 aliphatic heterocycles. The summed E-state index contributed by atoms with van der Waals surface area (Å²) in [5.41, 5.74) is 2.74. The van der Waals surface area contributed by atoms with Crippen LogP contribution in [0.15, 0.2) is 12.1 Å². The maximum atomic E-state index is 12.0. The molecule has 12 nitrogen and oxygen atoms in total. The Labute approximate surface area is 261 Å². The summed E-state index contributed by atoms with van der Waals surface area (Å²) >= 11 is 0. The summed E-state index contributed by atoms with van der Waals surface area (Å²) in [6.45, 7) is 16.2. The van der Waals surface area contributed by atoms with Crippen LogP contribution in [0.25, 0.3) is 0 Å². The number of hydrogen-bond acceptors (Lipinski definition) is 10. The molecule has 4 rings (SSSR count). The van der Waals surface area contributed by atoms with E-state index in [1.165, 1.54) is 0 Å². The van der Waals surface area contributed by atoms with Gasteiger partial charge in [0.1, 0.15) is 5.69 Å². The summed E-state index contributed by atoms with van der Waals surface area (Å²) < 4.78 is 36.1. The van der Waals surface area contributed by atoms with Crippen molar-refractivity contribution in [3.05, 3.63) is 34.9 Å². The molecule has 44 heavy (non-hydrogen) atoms. The summed E-state index contributed by atoms with van der Waals surface area (Å²) in [7, 11) is 0. The first kappa shape index (κ1) is 35.7. The fraction of sp³-hybridized carbons (Fsp3) is 0.750. The number of hydrogen-bond donors (Lipinski definition) is 0. The quantitative estimate of drug-likeness (QED) is 0.252. The van der Waals surface area contributed by atoms with E-state index in [0.717, 1.165) is 63.1 Å². The molecule has 2 aromatic rings. The summed E-state index contributed by atoms with van der Waals surface area (Å²) in [6.07, 6.45) is 6.15. The zero-order chi connectivity index (χ0) is 31.9. The Morgan fingerprint density at radius 1 is 0.795 bits per heavy atom. The maximum Gasteiger partial charge on any atom is 0.358 e. The Balaban J connectivity index is 0.000000240.